The summed E-state index contributed by atoms with van der Waals surface area (Å²) in [4.78, 5) is 12.6. The first-order valence-electron chi connectivity index (χ1n) is 5.88. The third kappa shape index (κ3) is 2.45. The Balaban J connectivity index is 2.37. The zero-order valence-corrected chi connectivity index (χ0v) is 12.2. The molecule has 8 heteroatoms. The number of hydrogen-bond donors (Lipinski definition) is 0. The van der Waals surface area contributed by atoms with E-state index in [1.807, 2.05) is 0 Å². The lowest BCUT2D eigenvalue weighted by Crippen LogP contribution is -2.31. The predicted molar refractivity (Wildman–Crippen MR) is 69.0 cm³/mol. The average molecular weight is 284 g/mol. The van der Waals surface area contributed by atoms with E-state index < -0.39 is 5.41 Å². The van der Waals surface area contributed by atoms with Crippen LogP contribution in [0.5, 0.6) is 0 Å². The Hall–Kier alpha value is -1.54. The topological polar surface area (TPSA) is 78.6 Å². The second-order valence-corrected chi connectivity index (χ2v) is 5.45. The van der Waals surface area contributed by atoms with E-state index in [-0.39, 0.29) is 5.97 Å². The van der Waals surface area contributed by atoms with Crippen molar-refractivity contribution in [2.75, 3.05) is 13.7 Å². The van der Waals surface area contributed by atoms with Gasteiger partial charge in [-0.3, -0.25) is 4.79 Å². The van der Waals surface area contributed by atoms with Crippen LogP contribution in [0.2, 0.25) is 0 Å². The number of nitrogens with zero attached hydrogens (tertiary/aromatic N) is 4. The molecule has 0 aromatic carbocycles. The summed E-state index contributed by atoms with van der Waals surface area (Å²) < 4.78 is 11.7. The molecule has 0 aliphatic heterocycles. The minimum absolute atomic E-state index is 0.298. The number of hydrogen-bond acceptors (Lipinski definition) is 7. The molecule has 0 unspecified atom stereocenters. The predicted octanol–water partition coefficient (Wildman–Crippen LogP) is 1.17. The Bertz CT molecular complexity index is 590. The molecule has 0 radical (unpaired) electrons. The second kappa shape index (κ2) is 5.22. The molecule has 0 saturated carbocycles. The van der Waals surface area contributed by atoms with Gasteiger partial charge in [-0.15, -0.1) is 10.2 Å². The van der Waals surface area contributed by atoms with Crippen LogP contribution in [-0.2, 0) is 26.3 Å². The Morgan fingerprint density at radius 1 is 1.42 bits per heavy atom. The maximum atomic E-state index is 11.9. The summed E-state index contributed by atoms with van der Waals surface area (Å²) in [5, 5.41) is 13.0. The first-order chi connectivity index (χ1) is 9.00. The van der Waals surface area contributed by atoms with Crippen LogP contribution in [0, 0.1) is 0 Å². The lowest BCUT2D eigenvalue weighted by atomic mass is 9.95. The number of rotatable bonds is 5. The highest BCUT2D eigenvalue weighted by Gasteiger charge is 2.35. The molecule has 104 valence electrons. The average Bonchev–Trinajstić information content (AvgIpc) is 2.92. The van der Waals surface area contributed by atoms with Gasteiger partial charge in [0.1, 0.15) is 17.0 Å². The molecule has 0 atom stereocenters. The summed E-state index contributed by atoms with van der Waals surface area (Å²) in [6, 6.07) is 0. The van der Waals surface area contributed by atoms with E-state index in [9.17, 15) is 4.79 Å². The smallest absolute Gasteiger partial charge is 0.318 e. The van der Waals surface area contributed by atoms with Gasteiger partial charge in [0.2, 0.25) is 4.96 Å². The van der Waals surface area contributed by atoms with Crippen LogP contribution in [0.25, 0.3) is 4.96 Å². The third-order valence-electron chi connectivity index (χ3n) is 2.65. The molecule has 2 rings (SSSR count). The van der Waals surface area contributed by atoms with Crippen molar-refractivity contribution in [3.63, 3.8) is 0 Å². The molecule has 2 heterocycles. The van der Waals surface area contributed by atoms with Crippen molar-refractivity contribution in [2.24, 2.45) is 0 Å². The molecule has 2 aromatic heterocycles. The fourth-order valence-electron chi connectivity index (χ4n) is 1.53. The number of esters is 1. The van der Waals surface area contributed by atoms with Gasteiger partial charge >= 0.3 is 5.97 Å². The van der Waals surface area contributed by atoms with Crippen molar-refractivity contribution >= 4 is 22.3 Å². The van der Waals surface area contributed by atoms with Gasteiger partial charge in [0.05, 0.1) is 6.61 Å². The lowest BCUT2D eigenvalue weighted by molar-refractivity contribution is -0.148. The summed E-state index contributed by atoms with van der Waals surface area (Å²) >= 11 is 1.33. The van der Waals surface area contributed by atoms with Crippen LogP contribution in [0.15, 0.2) is 0 Å². The van der Waals surface area contributed by atoms with Crippen LogP contribution in [0.3, 0.4) is 0 Å². The van der Waals surface area contributed by atoms with Crippen LogP contribution >= 0.6 is 11.3 Å². The van der Waals surface area contributed by atoms with Crippen LogP contribution in [-0.4, -0.2) is 39.5 Å². The van der Waals surface area contributed by atoms with E-state index in [0.29, 0.717) is 29.0 Å². The highest BCUT2D eigenvalue weighted by Crippen LogP contribution is 2.29. The zero-order valence-electron chi connectivity index (χ0n) is 11.3. The third-order valence-corrected chi connectivity index (χ3v) is 3.87. The molecule has 0 spiro atoms. The molecule has 0 saturated heterocycles. The number of carbonyl (C=O) groups is 1. The van der Waals surface area contributed by atoms with Crippen molar-refractivity contribution in [3.8, 4) is 0 Å². The van der Waals surface area contributed by atoms with Gasteiger partial charge in [-0.25, -0.2) is 0 Å². The molecule has 7 nitrogen and oxygen atoms in total. The summed E-state index contributed by atoms with van der Waals surface area (Å²) in [5.41, 5.74) is -0.800. The fraction of sp³-hybridized carbons (Fsp3) is 0.636. The van der Waals surface area contributed by atoms with Gasteiger partial charge in [0, 0.05) is 7.11 Å². The monoisotopic (exact) mass is 284 g/mol. The van der Waals surface area contributed by atoms with Crippen LogP contribution in [0.4, 0.5) is 0 Å². The van der Waals surface area contributed by atoms with E-state index >= 15 is 0 Å². The normalized spacial score (nSPS) is 12.0. The van der Waals surface area contributed by atoms with Gasteiger partial charge in [-0.05, 0) is 20.8 Å². The zero-order chi connectivity index (χ0) is 14.0. The van der Waals surface area contributed by atoms with Gasteiger partial charge in [-0.1, -0.05) is 11.3 Å². The number of fused-ring (bicyclic) bond motifs is 1. The Morgan fingerprint density at radius 3 is 2.79 bits per heavy atom. The van der Waals surface area contributed by atoms with Crippen molar-refractivity contribution in [2.45, 2.75) is 32.8 Å². The van der Waals surface area contributed by atoms with Gasteiger partial charge in [0.15, 0.2) is 5.82 Å². The van der Waals surface area contributed by atoms with Crippen molar-refractivity contribution < 1.29 is 14.3 Å². The quantitative estimate of drug-likeness (QED) is 0.767. The van der Waals surface area contributed by atoms with Crippen molar-refractivity contribution in [3.05, 3.63) is 10.8 Å². The van der Waals surface area contributed by atoms with E-state index in [1.54, 1.807) is 32.4 Å². The number of aromatic nitrogens is 4. The highest BCUT2D eigenvalue weighted by molar-refractivity contribution is 7.16. The number of ether oxygens (including phenoxy) is 2. The number of methoxy groups -OCH3 is 1. The first-order valence-corrected chi connectivity index (χ1v) is 6.70. The molecule has 19 heavy (non-hydrogen) atoms. The van der Waals surface area contributed by atoms with Crippen LogP contribution < -0.4 is 0 Å². The standard InChI is InChI=1S/C11H16N4O3S/c1-5-18-9(16)11(2,3)8-14-15-7(6-17-4)12-13-10(15)19-8/h5-6H2,1-4H3. The molecular weight excluding hydrogens is 268 g/mol. The maximum absolute atomic E-state index is 11.9. The number of carbonyl (C=O) groups excluding carboxylic acids is 1. The largest absolute Gasteiger partial charge is 0.465 e. The van der Waals surface area contributed by atoms with Gasteiger partial charge in [0.25, 0.3) is 0 Å². The second-order valence-electron chi connectivity index (χ2n) is 4.50. The minimum atomic E-state index is -0.800. The lowest BCUT2D eigenvalue weighted by Gasteiger charge is -2.18. The SMILES string of the molecule is CCOC(=O)C(C)(C)c1nn2c(COC)nnc2s1. The van der Waals surface area contributed by atoms with Crippen molar-refractivity contribution in [1.82, 2.24) is 19.8 Å². The molecule has 0 fully saturated rings. The van der Waals surface area contributed by atoms with E-state index in [0.717, 1.165) is 0 Å². The Labute approximate surface area is 114 Å². The molecule has 0 N–H and O–H groups in total. The van der Waals surface area contributed by atoms with Crippen molar-refractivity contribution in [1.29, 1.82) is 0 Å². The fourth-order valence-corrected chi connectivity index (χ4v) is 2.48. The molecule has 0 aliphatic carbocycles. The molecule has 0 aliphatic rings. The molecule has 2 aromatic rings. The molecule has 0 amide bonds. The summed E-state index contributed by atoms with van der Waals surface area (Å²) in [6.45, 7) is 6.02. The van der Waals surface area contributed by atoms with Crippen LogP contribution in [0.1, 0.15) is 31.6 Å². The molecule has 0 bridgehead atoms. The summed E-state index contributed by atoms with van der Waals surface area (Å²) in [7, 11) is 1.58. The van der Waals surface area contributed by atoms with Gasteiger partial charge in [-0.2, -0.15) is 9.61 Å². The minimum Gasteiger partial charge on any atom is -0.465 e. The maximum Gasteiger partial charge on any atom is 0.318 e. The summed E-state index contributed by atoms with van der Waals surface area (Å²) in [6.07, 6.45) is 0. The van der Waals surface area contributed by atoms with E-state index in [4.69, 9.17) is 9.47 Å². The Kier molecular flexibility index (Phi) is 3.81. The Morgan fingerprint density at radius 2 is 2.16 bits per heavy atom. The first kappa shape index (κ1) is 13.9. The van der Waals surface area contributed by atoms with Gasteiger partial charge < -0.3 is 9.47 Å². The highest BCUT2D eigenvalue weighted by atomic mass is 32.1. The summed E-state index contributed by atoms with van der Waals surface area (Å²) in [5.74, 6) is 0.313. The van der Waals surface area contributed by atoms with E-state index in [1.165, 1.54) is 11.3 Å². The molecular formula is C11H16N4O3S. The van der Waals surface area contributed by atoms with E-state index in [2.05, 4.69) is 15.3 Å².